The number of rotatable bonds is 11. The van der Waals surface area contributed by atoms with Crippen LogP contribution in [0.4, 0.5) is 18.9 Å². The van der Waals surface area contributed by atoms with E-state index in [-0.39, 0.29) is 11.6 Å². The minimum absolute atomic E-state index is 0.102. The molecular formula is C24H28Cl2F3N3O4S. The molecule has 0 unspecified atom stereocenters. The second kappa shape index (κ2) is 12.8. The molecule has 0 fully saturated rings. The van der Waals surface area contributed by atoms with Gasteiger partial charge < -0.3 is 10.2 Å². The van der Waals surface area contributed by atoms with Gasteiger partial charge in [0, 0.05) is 18.1 Å². The van der Waals surface area contributed by atoms with Gasteiger partial charge in [-0.1, -0.05) is 48.7 Å². The second-order valence-corrected chi connectivity index (χ2v) is 11.2. The van der Waals surface area contributed by atoms with Crippen molar-refractivity contribution in [2.75, 3.05) is 23.7 Å². The van der Waals surface area contributed by atoms with Crippen LogP contribution < -0.4 is 9.62 Å². The Morgan fingerprint density at radius 2 is 1.78 bits per heavy atom. The number of sulfonamides is 1. The molecule has 13 heteroatoms. The van der Waals surface area contributed by atoms with E-state index in [1.165, 1.54) is 6.92 Å². The Bertz CT molecular complexity index is 1230. The van der Waals surface area contributed by atoms with E-state index in [1.54, 1.807) is 24.3 Å². The predicted molar refractivity (Wildman–Crippen MR) is 138 cm³/mol. The molecule has 0 aliphatic rings. The van der Waals surface area contributed by atoms with E-state index in [4.69, 9.17) is 23.2 Å². The third-order valence-corrected chi connectivity index (χ3v) is 7.14. The summed E-state index contributed by atoms with van der Waals surface area (Å²) in [5.74, 6) is -1.29. The minimum Gasteiger partial charge on any atom is -0.354 e. The maximum absolute atomic E-state index is 13.5. The van der Waals surface area contributed by atoms with E-state index in [0.717, 1.165) is 30.1 Å². The monoisotopic (exact) mass is 581 g/mol. The molecule has 0 aromatic heterocycles. The Morgan fingerprint density at radius 3 is 2.35 bits per heavy atom. The average molecular weight is 582 g/mol. The lowest BCUT2D eigenvalue weighted by Gasteiger charge is -2.32. The first-order chi connectivity index (χ1) is 17.1. The van der Waals surface area contributed by atoms with E-state index in [1.807, 2.05) is 6.92 Å². The number of carbonyl (C=O) groups excluding carboxylic acids is 2. The van der Waals surface area contributed by atoms with Crippen molar-refractivity contribution < 1.29 is 31.2 Å². The molecule has 2 amide bonds. The highest BCUT2D eigenvalue weighted by atomic mass is 35.5. The van der Waals surface area contributed by atoms with Gasteiger partial charge in [-0.2, -0.15) is 13.2 Å². The number of hydrogen-bond acceptors (Lipinski definition) is 4. The third kappa shape index (κ3) is 8.79. The molecular weight excluding hydrogens is 554 g/mol. The molecule has 2 rings (SSSR count). The Hall–Kier alpha value is -2.50. The molecule has 37 heavy (non-hydrogen) atoms. The fraction of sp³-hybridized carbons (Fsp3) is 0.417. The zero-order valence-corrected chi connectivity index (χ0v) is 22.8. The summed E-state index contributed by atoms with van der Waals surface area (Å²) >= 11 is 12.1. The van der Waals surface area contributed by atoms with Gasteiger partial charge in [-0.25, -0.2) is 8.42 Å². The van der Waals surface area contributed by atoms with Gasteiger partial charge in [-0.05, 0) is 49.2 Å². The largest absolute Gasteiger partial charge is 0.416 e. The average Bonchev–Trinajstić information content (AvgIpc) is 2.79. The van der Waals surface area contributed by atoms with Crippen molar-refractivity contribution in [2.45, 2.75) is 45.5 Å². The predicted octanol–water partition coefficient (Wildman–Crippen LogP) is 5.11. The first-order valence-electron chi connectivity index (χ1n) is 11.3. The molecule has 0 aliphatic heterocycles. The highest BCUT2D eigenvalue weighted by molar-refractivity contribution is 7.92. The molecule has 1 atom stereocenters. The Balaban J connectivity index is 2.46. The highest BCUT2D eigenvalue weighted by Crippen LogP contribution is 2.36. The molecule has 0 radical (unpaired) electrons. The van der Waals surface area contributed by atoms with Gasteiger partial charge >= 0.3 is 6.18 Å². The van der Waals surface area contributed by atoms with E-state index in [0.29, 0.717) is 33.6 Å². The first-order valence-corrected chi connectivity index (χ1v) is 13.9. The number of nitrogens with zero attached hydrogens (tertiary/aromatic N) is 2. The number of nitrogens with one attached hydrogen (secondary N) is 1. The number of hydrogen-bond donors (Lipinski definition) is 1. The SMILES string of the molecule is CCCCNC(=O)[C@@H](C)N(Cc1cccc(Cl)c1)C(=O)CN(c1cc(C(F)(F)F)ccc1Cl)S(C)(=O)=O. The Labute approximate surface area is 224 Å². The number of alkyl halides is 3. The van der Waals surface area contributed by atoms with Crippen LogP contribution in [-0.4, -0.2) is 50.5 Å². The molecule has 0 saturated heterocycles. The Kier molecular flexibility index (Phi) is 10.7. The molecule has 0 saturated carbocycles. The third-order valence-electron chi connectivity index (χ3n) is 5.46. The second-order valence-electron chi connectivity index (χ2n) is 8.41. The summed E-state index contributed by atoms with van der Waals surface area (Å²) in [7, 11) is -4.26. The standard InChI is InChI=1S/C24H28Cl2F3N3O4S/c1-4-5-11-30-23(34)16(2)31(14-17-7-6-8-19(25)12-17)22(33)15-32(37(3,35)36)21-13-18(24(27,28)29)9-10-20(21)26/h6-10,12-13,16H,4-5,11,14-15H2,1-3H3,(H,30,34)/t16-/m1/s1. The summed E-state index contributed by atoms with van der Waals surface area (Å²) in [5, 5.41) is 2.82. The number of amides is 2. The number of benzene rings is 2. The number of unbranched alkanes of at least 4 members (excludes halogenated alkanes) is 1. The van der Waals surface area contributed by atoms with Crippen molar-refractivity contribution in [3.63, 3.8) is 0 Å². The molecule has 0 bridgehead atoms. The summed E-state index contributed by atoms with van der Waals surface area (Å²) < 4.78 is 65.6. The van der Waals surface area contributed by atoms with Gasteiger partial charge in [-0.15, -0.1) is 0 Å². The van der Waals surface area contributed by atoms with Crippen LogP contribution >= 0.6 is 23.2 Å². The van der Waals surface area contributed by atoms with Crippen LogP contribution in [0.5, 0.6) is 0 Å². The molecule has 0 aliphatic carbocycles. The maximum Gasteiger partial charge on any atom is 0.416 e. The Morgan fingerprint density at radius 1 is 1.11 bits per heavy atom. The van der Waals surface area contributed by atoms with Gasteiger partial charge in [0.15, 0.2) is 0 Å². The molecule has 0 spiro atoms. The lowest BCUT2D eigenvalue weighted by atomic mass is 10.1. The van der Waals surface area contributed by atoms with Crippen LogP contribution in [0, 0.1) is 0 Å². The van der Waals surface area contributed by atoms with Crippen molar-refractivity contribution >= 4 is 50.7 Å². The fourth-order valence-corrected chi connectivity index (χ4v) is 4.76. The maximum atomic E-state index is 13.5. The quantitative estimate of drug-likeness (QED) is 0.373. The van der Waals surface area contributed by atoms with Crippen LogP contribution in [0.3, 0.4) is 0 Å². The summed E-state index contributed by atoms with van der Waals surface area (Å²) in [6.45, 7) is 2.83. The molecule has 0 heterocycles. The summed E-state index contributed by atoms with van der Waals surface area (Å²) in [6.07, 6.45) is -2.47. The van der Waals surface area contributed by atoms with Gasteiger partial charge in [0.25, 0.3) is 0 Å². The summed E-state index contributed by atoms with van der Waals surface area (Å²) in [6, 6.07) is 7.70. The van der Waals surface area contributed by atoms with Gasteiger partial charge in [0.05, 0.1) is 22.5 Å². The van der Waals surface area contributed by atoms with Crippen molar-refractivity contribution in [3.8, 4) is 0 Å². The van der Waals surface area contributed by atoms with Gasteiger partial charge in [0.1, 0.15) is 12.6 Å². The van der Waals surface area contributed by atoms with Crippen molar-refractivity contribution in [1.82, 2.24) is 10.2 Å². The normalized spacial score (nSPS) is 12.6. The summed E-state index contributed by atoms with van der Waals surface area (Å²) in [4.78, 5) is 27.4. The zero-order valence-electron chi connectivity index (χ0n) is 20.5. The van der Waals surface area contributed by atoms with Gasteiger partial charge in [0.2, 0.25) is 21.8 Å². The molecule has 2 aromatic rings. The van der Waals surface area contributed by atoms with Crippen LogP contribution in [0.1, 0.15) is 37.8 Å². The van der Waals surface area contributed by atoms with E-state index < -0.39 is 51.9 Å². The van der Waals surface area contributed by atoms with E-state index in [9.17, 15) is 31.2 Å². The minimum atomic E-state index is -4.77. The topological polar surface area (TPSA) is 86.8 Å². The highest BCUT2D eigenvalue weighted by Gasteiger charge is 2.34. The van der Waals surface area contributed by atoms with Crippen molar-refractivity contribution in [2.24, 2.45) is 0 Å². The summed E-state index contributed by atoms with van der Waals surface area (Å²) in [5.41, 5.74) is -1.07. The molecule has 2 aromatic carbocycles. The van der Waals surface area contributed by atoms with Crippen LogP contribution in [0.15, 0.2) is 42.5 Å². The van der Waals surface area contributed by atoms with Crippen LogP contribution in [0.2, 0.25) is 10.0 Å². The fourth-order valence-electron chi connectivity index (χ4n) is 3.43. The van der Waals surface area contributed by atoms with Gasteiger partial charge in [-0.3, -0.25) is 13.9 Å². The van der Waals surface area contributed by atoms with E-state index in [2.05, 4.69) is 5.32 Å². The molecule has 7 nitrogen and oxygen atoms in total. The number of carbonyl (C=O) groups is 2. The molecule has 204 valence electrons. The van der Waals surface area contributed by atoms with Crippen molar-refractivity contribution in [3.05, 3.63) is 63.6 Å². The number of anilines is 1. The first kappa shape index (κ1) is 30.7. The van der Waals surface area contributed by atoms with Crippen molar-refractivity contribution in [1.29, 1.82) is 0 Å². The lowest BCUT2D eigenvalue weighted by Crippen LogP contribution is -2.51. The van der Waals surface area contributed by atoms with E-state index >= 15 is 0 Å². The zero-order chi connectivity index (χ0) is 28.0. The number of halogens is 5. The lowest BCUT2D eigenvalue weighted by molar-refractivity contribution is -0.139. The smallest absolute Gasteiger partial charge is 0.354 e. The van der Waals surface area contributed by atoms with Crippen LogP contribution in [-0.2, 0) is 32.3 Å². The van der Waals surface area contributed by atoms with Crippen LogP contribution in [0.25, 0.3) is 0 Å². The molecule has 1 N–H and O–H groups in total.